The third kappa shape index (κ3) is 9.23. The van der Waals surface area contributed by atoms with Gasteiger partial charge in [0.25, 0.3) is 0 Å². The highest BCUT2D eigenvalue weighted by molar-refractivity contribution is 6.18. The Bertz CT molecular complexity index is 6720. The molecule has 0 aliphatic heterocycles. The largest absolute Gasteiger partial charge is 0.306 e. The zero-order chi connectivity index (χ0) is 67.4. The zero-order valence-electron chi connectivity index (χ0n) is 55.3. The van der Waals surface area contributed by atoms with Crippen LogP contribution in [0.15, 0.2) is 364 Å². The maximum Gasteiger partial charge on any atom is 0.102 e. The van der Waals surface area contributed by atoms with Gasteiger partial charge in [-0.25, -0.2) is 4.98 Å². The number of aromatic nitrogens is 5. The number of hydrogen-bond acceptors (Lipinski definition) is 2. The highest BCUT2D eigenvalue weighted by atomic mass is 15.1. The SMILES string of the molecule is N#Cc1c(-c2cc(-c3ccccc3)nc(-c3ccccc3)c2)c(-n2c3ccccc3c3cc(-c4ccccc4)ccc32)c(-n2c3ccccc3c3cc(-c4ccccc4)ccc32)c(-n2c3ccccc3c3cc(-c4ccccc4)ccc32)c1-n1c2ccccc2c2cc(-c3ccccc3)ccc21. The molecule has 0 aliphatic carbocycles. The molecule has 474 valence electrons. The van der Waals surface area contributed by atoms with Crippen LogP contribution in [0.25, 0.3) is 188 Å². The minimum Gasteiger partial charge on any atom is -0.306 e. The molecule has 0 spiro atoms. The Balaban J connectivity index is 1.08. The fourth-order valence-corrected chi connectivity index (χ4v) is 16.2. The predicted octanol–water partition coefficient (Wildman–Crippen LogP) is 25.0. The second kappa shape index (κ2) is 23.7. The van der Waals surface area contributed by atoms with E-state index in [-0.39, 0.29) is 0 Å². The van der Waals surface area contributed by atoms with Crippen LogP contribution in [-0.2, 0) is 0 Å². The predicted molar refractivity (Wildman–Crippen MR) is 424 cm³/mol. The Morgan fingerprint density at radius 2 is 0.441 bits per heavy atom. The van der Waals surface area contributed by atoms with E-state index in [1.54, 1.807) is 0 Å². The topological polar surface area (TPSA) is 56.4 Å². The van der Waals surface area contributed by atoms with Crippen molar-refractivity contribution in [3.05, 3.63) is 370 Å². The van der Waals surface area contributed by atoms with Gasteiger partial charge in [-0.3, -0.25) is 0 Å². The highest BCUT2D eigenvalue weighted by Crippen LogP contribution is 2.53. The Labute approximate surface area is 588 Å². The normalized spacial score (nSPS) is 11.7. The van der Waals surface area contributed by atoms with Crippen molar-refractivity contribution >= 4 is 87.2 Å². The van der Waals surface area contributed by atoms with Gasteiger partial charge in [0.1, 0.15) is 6.07 Å². The molecule has 0 saturated carbocycles. The molecule has 0 radical (unpaired) electrons. The first-order chi connectivity index (χ1) is 50.6. The number of nitriles is 1. The van der Waals surface area contributed by atoms with Crippen LogP contribution in [0.2, 0.25) is 0 Å². The third-order valence-electron chi connectivity index (χ3n) is 20.8. The molecule has 0 atom stereocenters. The maximum absolute atomic E-state index is 13.6. The van der Waals surface area contributed by atoms with E-state index in [0.717, 1.165) is 188 Å². The number of para-hydroxylation sites is 4. The molecule has 0 saturated heterocycles. The Morgan fingerprint density at radius 1 is 0.196 bits per heavy atom. The van der Waals surface area contributed by atoms with Crippen molar-refractivity contribution in [1.82, 2.24) is 23.3 Å². The lowest BCUT2D eigenvalue weighted by Gasteiger charge is -2.29. The van der Waals surface area contributed by atoms with Gasteiger partial charge in [-0.05, 0) is 135 Å². The van der Waals surface area contributed by atoms with Gasteiger partial charge in [-0.2, -0.15) is 5.26 Å². The summed E-state index contributed by atoms with van der Waals surface area (Å²) in [5, 5.41) is 22.2. The number of hydrogen-bond donors (Lipinski definition) is 0. The minimum absolute atomic E-state index is 0.480. The van der Waals surface area contributed by atoms with E-state index in [4.69, 9.17) is 4.98 Å². The van der Waals surface area contributed by atoms with Crippen LogP contribution >= 0.6 is 0 Å². The number of benzene rings is 15. The van der Waals surface area contributed by atoms with Crippen LogP contribution in [0.5, 0.6) is 0 Å². The van der Waals surface area contributed by atoms with Crippen molar-refractivity contribution in [2.45, 2.75) is 0 Å². The summed E-state index contributed by atoms with van der Waals surface area (Å²) in [6.45, 7) is 0. The van der Waals surface area contributed by atoms with Crippen LogP contribution in [0, 0.1) is 11.3 Å². The lowest BCUT2D eigenvalue weighted by molar-refractivity contribution is 1.02. The molecule has 20 aromatic rings. The summed E-state index contributed by atoms with van der Waals surface area (Å²) >= 11 is 0. The molecule has 0 unspecified atom stereocenters. The minimum atomic E-state index is 0.480. The summed E-state index contributed by atoms with van der Waals surface area (Å²) in [7, 11) is 0. The summed E-state index contributed by atoms with van der Waals surface area (Å²) in [5.74, 6) is 0. The van der Waals surface area contributed by atoms with Gasteiger partial charge in [0.05, 0.1) is 83.8 Å². The molecule has 0 N–H and O–H groups in total. The second-order valence-corrected chi connectivity index (χ2v) is 26.4. The second-order valence-electron chi connectivity index (χ2n) is 26.4. The quantitative estimate of drug-likeness (QED) is 0.130. The third-order valence-corrected chi connectivity index (χ3v) is 20.8. The van der Waals surface area contributed by atoms with Gasteiger partial charge < -0.3 is 18.3 Å². The molecular weight excluding hydrogens is 1240 g/mol. The van der Waals surface area contributed by atoms with Crippen molar-refractivity contribution in [2.75, 3.05) is 0 Å². The van der Waals surface area contributed by atoms with Crippen molar-refractivity contribution in [2.24, 2.45) is 0 Å². The molecule has 5 aromatic heterocycles. The average Bonchev–Trinajstić information content (AvgIpc) is 1.48. The number of nitrogens with zero attached hydrogens (tertiary/aromatic N) is 6. The molecule has 15 aromatic carbocycles. The Morgan fingerprint density at radius 3 is 0.745 bits per heavy atom. The molecule has 20 rings (SSSR count). The lowest BCUT2D eigenvalue weighted by atomic mass is 9.91. The van der Waals surface area contributed by atoms with E-state index < -0.39 is 0 Å². The van der Waals surface area contributed by atoms with Crippen LogP contribution in [0.3, 0.4) is 0 Å². The molecule has 6 heteroatoms. The summed E-state index contributed by atoms with van der Waals surface area (Å²) in [6, 6.07) is 135. The van der Waals surface area contributed by atoms with Gasteiger partial charge in [-0.15, -0.1) is 0 Å². The van der Waals surface area contributed by atoms with Crippen molar-refractivity contribution in [3.63, 3.8) is 0 Å². The van der Waals surface area contributed by atoms with E-state index in [2.05, 4.69) is 388 Å². The molecule has 102 heavy (non-hydrogen) atoms. The first-order valence-electron chi connectivity index (χ1n) is 34.7. The van der Waals surface area contributed by atoms with Gasteiger partial charge in [0.15, 0.2) is 0 Å². The van der Waals surface area contributed by atoms with Crippen LogP contribution in [0.1, 0.15) is 5.56 Å². The van der Waals surface area contributed by atoms with Crippen LogP contribution in [0.4, 0.5) is 0 Å². The summed E-state index contributed by atoms with van der Waals surface area (Å²) < 4.78 is 9.99. The summed E-state index contributed by atoms with van der Waals surface area (Å²) in [6.07, 6.45) is 0. The van der Waals surface area contributed by atoms with Crippen molar-refractivity contribution < 1.29 is 0 Å². The lowest BCUT2D eigenvalue weighted by Crippen LogP contribution is -2.17. The molecule has 0 fully saturated rings. The van der Waals surface area contributed by atoms with E-state index in [1.165, 1.54) is 0 Å². The Kier molecular flexibility index (Phi) is 13.6. The van der Waals surface area contributed by atoms with Gasteiger partial charge >= 0.3 is 0 Å². The van der Waals surface area contributed by atoms with E-state index in [9.17, 15) is 5.26 Å². The monoisotopic (exact) mass is 1300 g/mol. The standard InChI is InChI=1S/C96H60N6/c97-61-81-92(72-59-82(66-35-15-5-16-36-66)98-83(60-72)67-37-17-6-18-38-67)94(100-85-44-24-20-40-74(85)78-56-69(48-52-89(78)100)63-29-9-2-10-30-63)96(102-87-46-26-22-42-76(87)80-58-71(50-54-91(80)102)65-33-13-4-14-34-65)95(101-86-45-25-21-41-75(86)79-57-70(49-53-90(79)101)64-31-11-3-12-32-64)93(81)99-84-43-23-19-39-73(84)77-55-68(47-51-88(77)99)62-27-7-1-8-28-62/h1-60H. The maximum atomic E-state index is 13.6. The van der Waals surface area contributed by atoms with Gasteiger partial charge in [0.2, 0.25) is 0 Å². The fourth-order valence-electron chi connectivity index (χ4n) is 16.2. The van der Waals surface area contributed by atoms with Crippen molar-refractivity contribution in [1.29, 1.82) is 5.26 Å². The van der Waals surface area contributed by atoms with Gasteiger partial charge in [0, 0.05) is 59.8 Å². The first kappa shape index (κ1) is 58.3. The number of rotatable bonds is 11. The van der Waals surface area contributed by atoms with E-state index in [0.29, 0.717) is 5.56 Å². The molecule has 0 amide bonds. The summed E-state index contributed by atoms with van der Waals surface area (Å²) in [5.41, 5.74) is 25.5. The summed E-state index contributed by atoms with van der Waals surface area (Å²) in [4.78, 5) is 5.61. The van der Waals surface area contributed by atoms with Crippen LogP contribution in [-0.4, -0.2) is 23.3 Å². The van der Waals surface area contributed by atoms with Crippen LogP contribution < -0.4 is 0 Å². The average molecular weight is 1300 g/mol. The van der Waals surface area contributed by atoms with Gasteiger partial charge in [-0.1, -0.05) is 279 Å². The molecular formula is C96H60N6. The zero-order valence-corrected chi connectivity index (χ0v) is 55.3. The smallest absolute Gasteiger partial charge is 0.102 e. The molecule has 0 bridgehead atoms. The first-order valence-corrected chi connectivity index (χ1v) is 34.7. The fraction of sp³-hybridized carbons (Fsp3) is 0. The van der Waals surface area contributed by atoms with E-state index in [1.807, 2.05) is 0 Å². The Hall–Kier alpha value is -13.9. The highest BCUT2D eigenvalue weighted by Gasteiger charge is 2.36. The van der Waals surface area contributed by atoms with Crippen molar-refractivity contribution in [3.8, 4) is 107 Å². The molecule has 0 aliphatic rings. The molecule has 6 nitrogen and oxygen atoms in total. The van der Waals surface area contributed by atoms with E-state index >= 15 is 0 Å². The number of fused-ring (bicyclic) bond motifs is 12. The number of pyridine rings is 1. The molecule has 5 heterocycles.